The topological polar surface area (TPSA) is 84.3 Å². The Hall–Kier alpha value is -1.47. The zero-order valence-electron chi connectivity index (χ0n) is 10.1. The lowest BCUT2D eigenvalue weighted by Crippen LogP contribution is -2.40. The number of aliphatic hydroxyl groups is 1. The number of aliphatic hydroxyl groups excluding tert-OH is 1. The molecule has 1 aromatic heterocycles. The number of nitrogens with zero attached hydrogens (tertiary/aromatic N) is 1. The molecule has 2 N–H and O–H groups in total. The average Bonchev–Trinajstić information content (AvgIpc) is 2.52. The first-order valence-electron chi connectivity index (χ1n) is 5.64. The van der Waals surface area contributed by atoms with Crippen molar-refractivity contribution in [2.24, 2.45) is 5.92 Å². The summed E-state index contributed by atoms with van der Waals surface area (Å²) in [5.74, 6) is -0.564. The first-order valence-corrected chi connectivity index (χ1v) is 5.64. The van der Waals surface area contributed by atoms with E-state index in [-0.39, 0.29) is 21.5 Å². The van der Waals surface area contributed by atoms with Gasteiger partial charge in [-0.1, -0.05) is 21.8 Å². The van der Waals surface area contributed by atoms with Crippen LogP contribution in [0.4, 0.5) is 4.39 Å². The Bertz CT molecular complexity index is 552. The second-order valence-corrected chi connectivity index (χ2v) is 4.67. The Labute approximate surface area is 117 Å². The van der Waals surface area contributed by atoms with Crippen molar-refractivity contribution in [2.45, 2.75) is 46.7 Å². The van der Waals surface area contributed by atoms with E-state index in [0.717, 1.165) is 10.6 Å². The molecule has 2 heterocycles. The largest absolute Gasteiger partial charge is 0.394 e. The molecule has 0 bridgehead atoms. The van der Waals surface area contributed by atoms with E-state index < -0.39 is 35.2 Å². The third-order valence-electron chi connectivity index (χ3n) is 3.52. The number of alkyl halides is 1. The summed E-state index contributed by atoms with van der Waals surface area (Å²) >= 11 is 0. The molecule has 1 aliphatic rings. The van der Waals surface area contributed by atoms with E-state index in [1.165, 1.54) is 13.1 Å². The minimum atomic E-state index is -1.81. The zero-order valence-corrected chi connectivity index (χ0v) is 10.1. The van der Waals surface area contributed by atoms with Crippen LogP contribution >= 0.6 is 0 Å². The molecular weight excluding hydrogens is 267 g/mol. The van der Waals surface area contributed by atoms with Gasteiger partial charge < -0.3 is 9.84 Å². The number of aromatic nitrogens is 2. The summed E-state index contributed by atoms with van der Waals surface area (Å²) < 4.78 is 20.9. The highest BCUT2D eigenvalue weighted by atomic mass is 19.1. The van der Waals surface area contributed by atoms with Gasteiger partial charge in [-0.15, -0.1) is 0 Å². The summed E-state index contributed by atoms with van der Waals surface area (Å²) in [6, 6.07) is 1.12. The van der Waals surface area contributed by atoms with Crippen LogP contribution in [0.1, 0.15) is 34.9 Å². The summed E-state index contributed by atoms with van der Waals surface area (Å²) in [7, 11) is 0. The van der Waals surface area contributed by atoms with E-state index in [9.17, 15) is 14.0 Å². The van der Waals surface area contributed by atoms with Crippen molar-refractivity contribution in [2.75, 3.05) is 6.61 Å². The lowest BCUT2D eigenvalue weighted by atomic mass is 9.90. The summed E-state index contributed by atoms with van der Waals surface area (Å²) in [5.41, 5.74) is -3.10. The predicted molar refractivity (Wildman–Crippen MR) is 74.5 cm³/mol. The molecule has 1 aromatic rings. The highest BCUT2D eigenvalue weighted by molar-refractivity contribution is 4.99. The normalized spacial score (nSPS) is 32.3. The predicted octanol–water partition coefficient (Wildman–Crippen LogP) is 1.06. The Kier molecular flexibility index (Phi) is 5.86. The first-order chi connectivity index (χ1) is 8.37. The van der Waals surface area contributed by atoms with Crippen molar-refractivity contribution < 1.29 is 14.2 Å². The molecule has 0 unspecified atom stereocenters. The molecule has 0 saturated carbocycles. The van der Waals surface area contributed by atoms with Crippen molar-refractivity contribution in [1.82, 2.24) is 9.55 Å². The molecule has 0 radical (unpaired) electrons. The summed E-state index contributed by atoms with van der Waals surface area (Å²) in [4.78, 5) is 24.6. The van der Waals surface area contributed by atoms with E-state index in [2.05, 4.69) is 0 Å². The van der Waals surface area contributed by atoms with E-state index in [1.54, 1.807) is 6.92 Å². The van der Waals surface area contributed by atoms with E-state index in [4.69, 9.17) is 9.84 Å². The van der Waals surface area contributed by atoms with Crippen LogP contribution in [0.5, 0.6) is 0 Å². The van der Waals surface area contributed by atoms with Crippen LogP contribution in [0.15, 0.2) is 21.9 Å². The molecule has 1 saturated heterocycles. The standard InChI is InChI=1S/C11H15FN2O4.2CH4/c1-6-7(5-15)18-9(11(6,2)12)14-4-3-8(16)13-10(14)17;;/h3-4,6-7,9,15H,5H2,1-2H3,(H,13,16,17);2*1H4/t6-,7-,9-,11-;;/m1../s1. The van der Waals surface area contributed by atoms with Crippen LogP contribution in [0.3, 0.4) is 0 Å². The van der Waals surface area contributed by atoms with Crippen molar-refractivity contribution in [3.63, 3.8) is 0 Å². The second kappa shape index (κ2) is 6.32. The number of ether oxygens (including phenoxy) is 1. The highest BCUT2D eigenvalue weighted by Gasteiger charge is 2.53. The number of hydrogen-bond acceptors (Lipinski definition) is 4. The number of halogens is 1. The van der Waals surface area contributed by atoms with Gasteiger partial charge in [0, 0.05) is 18.2 Å². The molecule has 1 aliphatic heterocycles. The maximum Gasteiger partial charge on any atom is 0.330 e. The minimum Gasteiger partial charge on any atom is -0.394 e. The Morgan fingerprint density at radius 2 is 2.10 bits per heavy atom. The monoisotopic (exact) mass is 290 g/mol. The van der Waals surface area contributed by atoms with Crippen LogP contribution in [0, 0.1) is 5.92 Å². The lowest BCUT2D eigenvalue weighted by molar-refractivity contribution is -0.0611. The van der Waals surface area contributed by atoms with Crippen molar-refractivity contribution in [1.29, 1.82) is 0 Å². The Balaban J connectivity index is 0.00000180. The van der Waals surface area contributed by atoms with Crippen LogP contribution in [0.25, 0.3) is 0 Å². The van der Waals surface area contributed by atoms with E-state index in [0.29, 0.717) is 0 Å². The summed E-state index contributed by atoms with van der Waals surface area (Å²) in [6.07, 6.45) is -0.645. The number of hydrogen-bond donors (Lipinski definition) is 2. The molecule has 0 spiro atoms. The van der Waals surface area contributed by atoms with Gasteiger partial charge >= 0.3 is 5.69 Å². The highest BCUT2D eigenvalue weighted by Crippen LogP contribution is 2.44. The maximum atomic E-state index is 14.6. The second-order valence-electron chi connectivity index (χ2n) is 4.67. The minimum absolute atomic E-state index is 0. The molecule has 2 rings (SSSR count). The summed E-state index contributed by atoms with van der Waals surface area (Å²) in [6.45, 7) is 2.60. The van der Waals surface area contributed by atoms with Gasteiger partial charge in [-0.25, -0.2) is 9.18 Å². The zero-order chi connectivity index (χ0) is 13.5. The maximum absolute atomic E-state index is 14.6. The number of H-pyrrole nitrogens is 1. The molecular formula is C13H23FN2O4. The van der Waals surface area contributed by atoms with Crippen molar-refractivity contribution in [3.05, 3.63) is 33.1 Å². The van der Waals surface area contributed by atoms with Crippen molar-refractivity contribution >= 4 is 0 Å². The van der Waals surface area contributed by atoms with Gasteiger partial charge in [-0.3, -0.25) is 14.3 Å². The molecule has 7 heteroatoms. The van der Waals surface area contributed by atoms with Gasteiger partial charge in [0.05, 0.1) is 12.7 Å². The van der Waals surface area contributed by atoms with Crippen LogP contribution in [-0.4, -0.2) is 33.0 Å². The molecule has 116 valence electrons. The molecule has 20 heavy (non-hydrogen) atoms. The fourth-order valence-corrected chi connectivity index (χ4v) is 2.16. The van der Waals surface area contributed by atoms with Gasteiger partial charge in [0.15, 0.2) is 11.9 Å². The molecule has 0 amide bonds. The average molecular weight is 290 g/mol. The number of nitrogens with one attached hydrogen (secondary N) is 1. The first kappa shape index (κ1) is 18.5. The Morgan fingerprint density at radius 3 is 2.55 bits per heavy atom. The van der Waals surface area contributed by atoms with E-state index >= 15 is 0 Å². The molecule has 0 aliphatic carbocycles. The smallest absolute Gasteiger partial charge is 0.330 e. The summed E-state index contributed by atoms with van der Waals surface area (Å²) in [5, 5.41) is 9.11. The molecule has 4 atom stereocenters. The number of rotatable bonds is 2. The van der Waals surface area contributed by atoms with Gasteiger partial charge in [-0.2, -0.15) is 0 Å². The molecule has 1 fully saturated rings. The van der Waals surface area contributed by atoms with Gasteiger partial charge in [0.1, 0.15) is 0 Å². The van der Waals surface area contributed by atoms with Crippen molar-refractivity contribution in [3.8, 4) is 0 Å². The third-order valence-corrected chi connectivity index (χ3v) is 3.52. The van der Waals surface area contributed by atoms with Crippen LogP contribution < -0.4 is 11.2 Å². The third kappa shape index (κ3) is 2.83. The van der Waals surface area contributed by atoms with Crippen LogP contribution in [-0.2, 0) is 4.74 Å². The van der Waals surface area contributed by atoms with E-state index in [1.807, 2.05) is 4.98 Å². The SMILES string of the molecule is C.C.C[C@@H]1[C@@H](CO)O[C@@H](n2ccc(=O)[nH]c2=O)[C@]1(C)F. The van der Waals surface area contributed by atoms with Gasteiger partial charge in [-0.05, 0) is 6.92 Å². The molecule has 0 aromatic carbocycles. The fraction of sp³-hybridized carbons (Fsp3) is 0.692. The number of aromatic amines is 1. The van der Waals surface area contributed by atoms with Gasteiger partial charge in [0.2, 0.25) is 0 Å². The quantitative estimate of drug-likeness (QED) is 0.853. The molecule has 6 nitrogen and oxygen atoms in total. The van der Waals surface area contributed by atoms with Crippen LogP contribution in [0.2, 0.25) is 0 Å². The fourth-order valence-electron chi connectivity index (χ4n) is 2.16. The van der Waals surface area contributed by atoms with Gasteiger partial charge in [0.25, 0.3) is 5.56 Å². The Morgan fingerprint density at radius 1 is 1.50 bits per heavy atom. The lowest BCUT2D eigenvalue weighted by Gasteiger charge is -2.25.